The van der Waals surface area contributed by atoms with Crippen LogP contribution in [0.1, 0.15) is 33.4 Å². The maximum atomic E-state index is 9.83. The predicted octanol–water partition coefficient (Wildman–Crippen LogP) is 1.55. The van der Waals surface area contributed by atoms with Crippen molar-refractivity contribution in [1.82, 2.24) is 9.78 Å². The van der Waals surface area contributed by atoms with Crippen LogP contribution in [0.4, 0.5) is 5.69 Å². The summed E-state index contributed by atoms with van der Waals surface area (Å²) < 4.78 is 1.79. The summed E-state index contributed by atoms with van der Waals surface area (Å²) in [6, 6.07) is -0.00741. The molecule has 0 bridgehead atoms. The Bertz CT molecular complexity index is 325. The highest BCUT2D eigenvalue weighted by atomic mass is 16.3. The summed E-state index contributed by atoms with van der Waals surface area (Å²) in [4.78, 5) is 0. The molecule has 0 radical (unpaired) electrons. The van der Waals surface area contributed by atoms with E-state index in [0.29, 0.717) is 0 Å². The Morgan fingerprint density at radius 3 is 2.67 bits per heavy atom. The van der Waals surface area contributed by atoms with Crippen molar-refractivity contribution in [2.24, 2.45) is 7.05 Å². The van der Waals surface area contributed by atoms with Crippen LogP contribution in [-0.2, 0) is 13.5 Å². The van der Waals surface area contributed by atoms with E-state index < -0.39 is 5.60 Å². The third kappa shape index (κ3) is 2.96. The van der Waals surface area contributed by atoms with E-state index in [9.17, 15) is 5.11 Å². The third-order valence-electron chi connectivity index (χ3n) is 2.67. The average Bonchev–Trinajstić information content (AvgIpc) is 2.44. The van der Waals surface area contributed by atoms with Gasteiger partial charge in [0.2, 0.25) is 0 Å². The standard InChI is InChI=1S/C11H21N3O/c1-6-9-10(7-14(5)13-9)12-8(2)11(3,4)15/h7-8,12,15H,6H2,1-5H3. The zero-order valence-electron chi connectivity index (χ0n) is 10.2. The van der Waals surface area contributed by atoms with Crippen LogP contribution >= 0.6 is 0 Å². The molecule has 1 heterocycles. The number of anilines is 1. The smallest absolute Gasteiger partial charge is 0.0853 e. The first kappa shape index (κ1) is 12.0. The molecular formula is C11H21N3O. The first-order chi connectivity index (χ1) is 6.84. The van der Waals surface area contributed by atoms with Crippen LogP contribution in [0.5, 0.6) is 0 Å². The number of nitrogens with zero attached hydrogens (tertiary/aromatic N) is 2. The minimum absolute atomic E-state index is 0.00741. The predicted molar refractivity (Wildman–Crippen MR) is 62.0 cm³/mol. The molecule has 0 aliphatic carbocycles. The minimum atomic E-state index is -0.735. The molecule has 0 spiro atoms. The Hall–Kier alpha value is -1.03. The largest absolute Gasteiger partial charge is 0.388 e. The van der Waals surface area contributed by atoms with Crippen molar-refractivity contribution in [1.29, 1.82) is 0 Å². The van der Waals surface area contributed by atoms with E-state index in [1.807, 2.05) is 20.2 Å². The number of aryl methyl sites for hydroxylation is 2. The monoisotopic (exact) mass is 211 g/mol. The molecule has 0 saturated heterocycles. The van der Waals surface area contributed by atoms with Crippen molar-refractivity contribution in [3.05, 3.63) is 11.9 Å². The van der Waals surface area contributed by atoms with E-state index >= 15 is 0 Å². The third-order valence-corrected chi connectivity index (χ3v) is 2.67. The van der Waals surface area contributed by atoms with Crippen LogP contribution in [0, 0.1) is 0 Å². The summed E-state index contributed by atoms with van der Waals surface area (Å²) in [5.41, 5.74) is 1.31. The summed E-state index contributed by atoms with van der Waals surface area (Å²) in [5.74, 6) is 0. The highest BCUT2D eigenvalue weighted by molar-refractivity contribution is 5.47. The van der Waals surface area contributed by atoms with Crippen LogP contribution in [0.15, 0.2) is 6.20 Å². The van der Waals surface area contributed by atoms with Gasteiger partial charge in [-0.25, -0.2) is 0 Å². The molecule has 2 N–H and O–H groups in total. The van der Waals surface area contributed by atoms with Gasteiger partial charge in [0, 0.05) is 13.2 Å². The van der Waals surface area contributed by atoms with Crippen molar-refractivity contribution >= 4 is 5.69 Å². The van der Waals surface area contributed by atoms with Gasteiger partial charge in [0.05, 0.1) is 23.0 Å². The van der Waals surface area contributed by atoms with Crippen LogP contribution in [0.3, 0.4) is 0 Å². The van der Waals surface area contributed by atoms with E-state index in [-0.39, 0.29) is 6.04 Å². The van der Waals surface area contributed by atoms with Crippen molar-refractivity contribution in [2.45, 2.75) is 45.8 Å². The van der Waals surface area contributed by atoms with Crippen molar-refractivity contribution in [3.63, 3.8) is 0 Å². The van der Waals surface area contributed by atoms with Gasteiger partial charge in [-0.3, -0.25) is 4.68 Å². The molecule has 1 unspecified atom stereocenters. The highest BCUT2D eigenvalue weighted by Crippen LogP contribution is 2.19. The number of hydrogen-bond donors (Lipinski definition) is 2. The molecule has 4 heteroatoms. The van der Waals surface area contributed by atoms with Crippen LogP contribution in [0.2, 0.25) is 0 Å². The number of nitrogens with one attached hydrogen (secondary N) is 1. The second-order valence-corrected chi connectivity index (χ2v) is 4.54. The van der Waals surface area contributed by atoms with E-state index in [4.69, 9.17) is 0 Å². The molecule has 1 aromatic rings. The Labute approximate surface area is 91.3 Å². The molecule has 86 valence electrons. The molecule has 0 amide bonds. The fourth-order valence-electron chi connectivity index (χ4n) is 1.33. The van der Waals surface area contributed by atoms with Gasteiger partial charge in [0.1, 0.15) is 0 Å². The van der Waals surface area contributed by atoms with Crippen molar-refractivity contribution in [3.8, 4) is 0 Å². The molecule has 15 heavy (non-hydrogen) atoms. The zero-order chi connectivity index (χ0) is 11.6. The molecule has 1 atom stereocenters. The Morgan fingerprint density at radius 1 is 1.60 bits per heavy atom. The van der Waals surface area contributed by atoms with Gasteiger partial charge in [0.15, 0.2) is 0 Å². The van der Waals surface area contributed by atoms with E-state index in [0.717, 1.165) is 17.8 Å². The molecule has 0 aromatic carbocycles. The van der Waals surface area contributed by atoms with E-state index in [1.54, 1.807) is 18.5 Å². The minimum Gasteiger partial charge on any atom is -0.388 e. The maximum absolute atomic E-state index is 9.83. The topological polar surface area (TPSA) is 50.1 Å². The lowest BCUT2D eigenvalue weighted by atomic mass is 10.0. The normalized spacial score (nSPS) is 14.0. The SMILES string of the molecule is CCc1nn(C)cc1NC(C)C(C)(C)O. The quantitative estimate of drug-likeness (QED) is 0.794. The summed E-state index contributed by atoms with van der Waals surface area (Å²) in [7, 11) is 1.90. The molecule has 0 aliphatic heterocycles. The number of aliphatic hydroxyl groups is 1. The van der Waals surface area contributed by atoms with Gasteiger partial charge in [-0.1, -0.05) is 6.92 Å². The van der Waals surface area contributed by atoms with Crippen molar-refractivity contribution in [2.75, 3.05) is 5.32 Å². The average molecular weight is 211 g/mol. The Balaban J connectivity index is 2.80. The lowest BCUT2D eigenvalue weighted by molar-refractivity contribution is 0.0649. The van der Waals surface area contributed by atoms with Gasteiger partial charge < -0.3 is 10.4 Å². The lowest BCUT2D eigenvalue weighted by Gasteiger charge is -2.27. The van der Waals surface area contributed by atoms with Crippen LogP contribution in [0.25, 0.3) is 0 Å². The highest BCUT2D eigenvalue weighted by Gasteiger charge is 2.23. The van der Waals surface area contributed by atoms with Crippen molar-refractivity contribution < 1.29 is 5.11 Å². The second-order valence-electron chi connectivity index (χ2n) is 4.54. The zero-order valence-corrected chi connectivity index (χ0v) is 10.2. The molecule has 0 aliphatic rings. The number of hydrogen-bond acceptors (Lipinski definition) is 3. The first-order valence-electron chi connectivity index (χ1n) is 5.36. The van der Waals surface area contributed by atoms with Crippen LogP contribution in [-0.4, -0.2) is 26.5 Å². The van der Waals surface area contributed by atoms with E-state index in [2.05, 4.69) is 17.3 Å². The molecule has 0 fully saturated rings. The van der Waals surface area contributed by atoms with Gasteiger partial charge >= 0.3 is 0 Å². The van der Waals surface area contributed by atoms with Gasteiger partial charge in [-0.05, 0) is 27.2 Å². The Morgan fingerprint density at radius 2 is 2.20 bits per heavy atom. The maximum Gasteiger partial charge on any atom is 0.0853 e. The van der Waals surface area contributed by atoms with Gasteiger partial charge in [0.25, 0.3) is 0 Å². The summed E-state index contributed by atoms with van der Waals surface area (Å²) in [5, 5.41) is 17.5. The molecule has 0 saturated carbocycles. The number of aromatic nitrogens is 2. The van der Waals surface area contributed by atoms with E-state index in [1.165, 1.54) is 0 Å². The fourth-order valence-corrected chi connectivity index (χ4v) is 1.33. The fraction of sp³-hybridized carbons (Fsp3) is 0.727. The Kier molecular flexibility index (Phi) is 3.39. The second kappa shape index (κ2) is 4.23. The molecule has 1 rings (SSSR count). The first-order valence-corrected chi connectivity index (χ1v) is 5.36. The summed E-state index contributed by atoms with van der Waals surface area (Å²) in [6.07, 6.45) is 2.84. The molecule has 1 aromatic heterocycles. The summed E-state index contributed by atoms with van der Waals surface area (Å²) in [6.45, 7) is 7.63. The van der Waals surface area contributed by atoms with Crippen LogP contribution < -0.4 is 5.32 Å². The lowest BCUT2D eigenvalue weighted by Crippen LogP contribution is -2.39. The van der Waals surface area contributed by atoms with Gasteiger partial charge in [-0.15, -0.1) is 0 Å². The van der Waals surface area contributed by atoms with Gasteiger partial charge in [-0.2, -0.15) is 5.10 Å². The number of rotatable bonds is 4. The molecule has 4 nitrogen and oxygen atoms in total. The molecular weight excluding hydrogens is 190 g/mol. The summed E-state index contributed by atoms with van der Waals surface area (Å²) >= 11 is 0.